The van der Waals surface area contributed by atoms with E-state index in [1.54, 1.807) is 29.2 Å². The average Bonchev–Trinajstić information content (AvgIpc) is 3.60. The summed E-state index contributed by atoms with van der Waals surface area (Å²) < 4.78 is 44.7. The number of carbonyl (C=O) groups excluding carboxylic acids is 1. The first-order valence-electron chi connectivity index (χ1n) is 10.9. The van der Waals surface area contributed by atoms with Crippen molar-refractivity contribution in [2.45, 2.75) is 36.1 Å². The molecule has 1 aliphatic heterocycles. The van der Waals surface area contributed by atoms with Gasteiger partial charge in [-0.2, -0.15) is 9.40 Å². The fourth-order valence-electron chi connectivity index (χ4n) is 4.11. The molecule has 1 atom stereocenters. The van der Waals surface area contributed by atoms with Gasteiger partial charge in [0.25, 0.3) is 10.0 Å². The molecular formula is C22H21ClFN5O3S3. The van der Waals surface area contributed by atoms with Gasteiger partial charge < -0.3 is 0 Å². The first-order valence-corrected chi connectivity index (χ1v) is 14.4. The molecule has 1 aliphatic rings. The second-order valence-corrected chi connectivity index (χ2v) is 12.9. The average molecular weight is 554 g/mol. The molecule has 0 saturated carbocycles. The van der Waals surface area contributed by atoms with Crippen molar-refractivity contribution in [1.29, 1.82) is 0 Å². The fraction of sp³-hybridized carbons (Fsp3) is 0.318. The highest BCUT2D eigenvalue weighted by molar-refractivity contribution is 7.91. The Labute approximate surface area is 214 Å². The van der Waals surface area contributed by atoms with E-state index in [1.165, 1.54) is 44.8 Å². The highest BCUT2D eigenvalue weighted by Gasteiger charge is 2.41. The lowest BCUT2D eigenvalue weighted by atomic mass is 10.0. The molecule has 1 amide bonds. The minimum Gasteiger partial charge on any atom is -0.285 e. The molecular weight excluding hydrogens is 533 g/mol. The lowest BCUT2D eigenvalue weighted by Gasteiger charge is -2.35. The number of halogens is 2. The first-order chi connectivity index (χ1) is 16.8. The number of benzene rings is 1. The summed E-state index contributed by atoms with van der Waals surface area (Å²) in [6.07, 6.45) is 5.22. The summed E-state index contributed by atoms with van der Waals surface area (Å²) in [4.78, 5) is 20.0. The molecule has 3 aromatic heterocycles. The molecule has 8 nitrogen and oxygen atoms in total. The Balaban J connectivity index is 1.50. The van der Waals surface area contributed by atoms with Crippen LogP contribution >= 0.6 is 34.3 Å². The normalized spacial score (nSPS) is 17.1. The predicted molar refractivity (Wildman–Crippen MR) is 135 cm³/mol. The van der Waals surface area contributed by atoms with Gasteiger partial charge in [-0.05, 0) is 49.2 Å². The second kappa shape index (κ2) is 9.94. The predicted octanol–water partition coefficient (Wildman–Crippen LogP) is 4.62. The van der Waals surface area contributed by atoms with Crippen LogP contribution < -0.4 is 4.90 Å². The largest absolute Gasteiger partial charge is 0.285 e. The van der Waals surface area contributed by atoms with Gasteiger partial charge in [0.2, 0.25) is 5.91 Å². The number of piperidine rings is 1. The van der Waals surface area contributed by atoms with Crippen LogP contribution in [0.3, 0.4) is 0 Å². The SMILES string of the molecule is O=C(C1CCCCN1S(=O)(=O)c1ccc(Cl)s1)N(CCn1cccn1)c1nc2ccc(F)cc2s1. The van der Waals surface area contributed by atoms with Crippen molar-refractivity contribution in [2.75, 3.05) is 18.0 Å². The van der Waals surface area contributed by atoms with Crippen LogP contribution in [0.1, 0.15) is 19.3 Å². The maximum atomic E-state index is 14.0. The van der Waals surface area contributed by atoms with Crippen molar-refractivity contribution in [2.24, 2.45) is 0 Å². The molecule has 1 fully saturated rings. The lowest BCUT2D eigenvalue weighted by molar-refractivity contribution is -0.123. The van der Waals surface area contributed by atoms with E-state index < -0.39 is 16.1 Å². The monoisotopic (exact) mass is 553 g/mol. The molecule has 5 rings (SSSR count). The Kier molecular flexibility index (Phi) is 6.91. The summed E-state index contributed by atoms with van der Waals surface area (Å²) in [7, 11) is -3.90. The highest BCUT2D eigenvalue weighted by Crippen LogP contribution is 2.34. The van der Waals surface area contributed by atoms with E-state index in [2.05, 4.69) is 10.1 Å². The Morgan fingerprint density at radius 2 is 2.09 bits per heavy atom. The summed E-state index contributed by atoms with van der Waals surface area (Å²) in [5.41, 5.74) is 0.574. The summed E-state index contributed by atoms with van der Waals surface area (Å²) >= 11 is 8.16. The summed E-state index contributed by atoms with van der Waals surface area (Å²) in [6, 6.07) is 8.18. The van der Waals surface area contributed by atoms with Crippen molar-refractivity contribution in [1.82, 2.24) is 19.1 Å². The molecule has 1 unspecified atom stereocenters. The molecule has 35 heavy (non-hydrogen) atoms. The molecule has 0 spiro atoms. The third kappa shape index (κ3) is 4.98. The zero-order valence-electron chi connectivity index (χ0n) is 18.4. The van der Waals surface area contributed by atoms with Crippen molar-refractivity contribution in [3.63, 3.8) is 0 Å². The Morgan fingerprint density at radius 1 is 1.23 bits per heavy atom. The maximum Gasteiger partial charge on any atom is 0.253 e. The molecule has 4 heterocycles. The van der Waals surface area contributed by atoms with E-state index in [0.717, 1.165) is 17.8 Å². The number of rotatable bonds is 7. The van der Waals surface area contributed by atoms with Gasteiger partial charge in [0.15, 0.2) is 5.13 Å². The van der Waals surface area contributed by atoms with Gasteiger partial charge in [0.05, 0.1) is 21.1 Å². The minimum atomic E-state index is -3.90. The number of anilines is 1. The third-order valence-electron chi connectivity index (χ3n) is 5.80. The van der Waals surface area contributed by atoms with Crippen LogP contribution in [0.5, 0.6) is 0 Å². The Bertz CT molecular complexity index is 1450. The summed E-state index contributed by atoms with van der Waals surface area (Å²) in [5, 5.41) is 4.59. The van der Waals surface area contributed by atoms with Gasteiger partial charge in [0, 0.05) is 25.5 Å². The van der Waals surface area contributed by atoms with E-state index >= 15 is 0 Å². The van der Waals surface area contributed by atoms with Crippen LogP contribution in [0.25, 0.3) is 10.2 Å². The molecule has 0 aliphatic carbocycles. The van der Waals surface area contributed by atoms with Crippen molar-refractivity contribution in [3.8, 4) is 0 Å². The minimum absolute atomic E-state index is 0.112. The van der Waals surface area contributed by atoms with E-state index in [-0.39, 0.29) is 29.0 Å². The number of nitrogens with zero attached hydrogens (tertiary/aromatic N) is 5. The van der Waals surface area contributed by atoms with Gasteiger partial charge in [-0.25, -0.2) is 17.8 Å². The molecule has 1 saturated heterocycles. The number of thiazole rings is 1. The van der Waals surface area contributed by atoms with Gasteiger partial charge in [-0.15, -0.1) is 11.3 Å². The number of carbonyl (C=O) groups is 1. The molecule has 1 aromatic carbocycles. The van der Waals surface area contributed by atoms with Crippen LogP contribution in [0, 0.1) is 5.82 Å². The maximum absolute atomic E-state index is 14.0. The quantitative estimate of drug-likeness (QED) is 0.333. The summed E-state index contributed by atoms with van der Waals surface area (Å²) in [5.74, 6) is -0.746. The van der Waals surface area contributed by atoms with E-state index in [1.807, 2.05) is 0 Å². The van der Waals surface area contributed by atoms with E-state index in [0.29, 0.717) is 39.1 Å². The molecule has 0 N–H and O–H groups in total. The van der Waals surface area contributed by atoms with E-state index in [9.17, 15) is 17.6 Å². The van der Waals surface area contributed by atoms with Crippen LogP contribution in [-0.4, -0.2) is 52.5 Å². The third-order valence-corrected chi connectivity index (χ3v) is 10.4. The molecule has 13 heteroatoms. The van der Waals surface area contributed by atoms with Crippen molar-refractivity contribution in [3.05, 3.63) is 58.9 Å². The topological polar surface area (TPSA) is 88.4 Å². The number of thiophene rings is 1. The zero-order chi connectivity index (χ0) is 24.6. The summed E-state index contributed by atoms with van der Waals surface area (Å²) in [6.45, 7) is 0.868. The lowest BCUT2D eigenvalue weighted by Crippen LogP contribution is -2.53. The van der Waals surface area contributed by atoms with Crippen LogP contribution in [0.4, 0.5) is 9.52 Å². The highest BCUT2D eigenvalue weighted by atomic mass is 35.5. The number of sulfonamides is 1. The standard InChI is InChI=1S/C22H21ClFN5O3S3/c23-19-7-8-20(34-19)35(31,32)29-11-2-1-4-17(29)21(30)28(13-12-27-10-3-9-25-27)22-26-16-6-5-15(24)14-18(16)33-22/h3,5-10,14,17H,1-2,4,11-13H2. The van der Waals surface area contributed by atoms with E-state index in [4.69, 9.17) is 11.6 Å². The number of fused-ring (bicyclic) bond motifs is 1. The van der Waals surface area contributed by atoms with Crippen molar-refractivity contribution < 1.29 is 17.6 Å². The number of aromatic nitrogens is 3. The van der Waals surface area contributed by atoms with Gasteiger partial charge in [0.1, 0.15) is 16.1 Å². The van der Waals surface area contributed by atoms with Crippen LogP contribution in [-0.2, 0) is 21.4 Å². The Morgan fingerprint density at radius 3 is 2.83 bits per heavy atom. The Hall–Kier alpha value is -2.38. The second-order valence-electron chi connectivity index (χ2n) is 8.05. The molecule has 0 radical (unpaired) electrons. The molecule has 4 aromatic rings. The van der Waals surface area contributed by atoms with Gasteiger partial charge in [-0.1, -0.05) is 29.4 Å². The van der Waals surface area contributed by atoms with Crippen LogP contribution in [0.15, 0.2) is 53.0 Å². The van der Waals surface area contributed by atoms with Crippen LogP contribution in [0.2, 0.25) is 4.34 Å². The van der Waals surface area contributed by atoms with Gasteiger partial charge in [-0.3, -0.25) is 14.4 Å². The number of hydrogen-bond donors (Lipinski definition) is 0. The molecule has 0 bridgehead atoms. The number of hydrogen-bond acceptors (Lipinski definition) is 7. The zero-order valence-corrected chi connectivity index (χ0v) is 21.6. The van der Waals surface area contributed by atoms with Gasteiger partial charge >= 0.3 is 0 Å². The first kappa shape index (κ1) is 24.3. The van der Waals surface area contributed by atoms with Crippen molar-refractivity contribution >= 4 is 65.6 Å². The smallest absolute Gasteiger partial charge is 0.253 e. The molecule has 184 valence electrons. The number of amides is 1. The fourth-order valence-corrected chi connectivity index (χ4v) is 8.39.